The first-order chi connectivity index (χ1) is 13.3. The van der Waals surface area contributed by atoms with E-state index >= 15 is 0 Å². The van der Waals surface area contributed by atoms with E-state index in [1.165, 1.54) is 12.1 Å². The highest BCUT2D eigenvalue weighted by Gasteiger charge is 2.33. The Hall–Kier alpha value is -2.93. The summed E-state index contributed by atoms with van der Waals surface area (Å²) in [5, 5.41) is -0.334. The molecular weight excluding hydrogens is 394 g/mol. The molecule has 0 saturated carbocycles. The van der Waals surface area contributed by atoms with Gasteiger partial charge in [0.05, 0.1) is 16.1 Å². The molecule has 0 unspecified atom stereocenters. The smallest absolute Gasteiger partial charge is 0.333 e. The van der Waals surface area contributed by atoms with Gasteiger partial charge in [0, 0.05) is 11.6 Å². The average Bonchev–Trinajstić information content (AvgIpc) is 3.06. The van der Waals surface area contributed by atoms with Crippen LogP contribution in [0.1, 0.15) is 11.1 Å². The van der Waals surface area contributed by atoms with E-state index in [2.05, 4.69) is 9.97 Å². The lowest BCUT2D eigenvalue weighted by Gasteiger charge is -2.09. The second kappa shape index (κ2) is 6.91. The van der Waals surface area contributed by atoms with Crippen molar-refractivity contribution in [2.75, 3.05) is 0 Å². The lowest BCUT2D eigenvalue weighted by Crippen LogP contribution is -2.33. The number of alkyl halides is 3. The van der Waals surface area contributed by atoms with Crippen molar-refractivity contribution in [1.82, 2.24) is 9.97 Å². The summed E-state index contributed by atoms with van der Waals surface area (Å²) in [5.41, 5.74) is 1.21. The molecule has 2 heterocycles. The molecule has 0 spiro atoms. The van der Waals surface area contributed by atoms with Gasteiger partial charge in [-0.1, -0.05) is 29.8 Å². The minimum Gasteiger partial charge on any atom is -0.333 e. The Kier molecular flexibility index (Phi) is 4.55. The Morgan fingerprint density at radius 3 is 2.61 bits per heavy atom. The molecule has 2 aromatic heterocycles. The van der Waals surface area contributed by atoms with Crippen molar-refractivity contribution in [1.29, 1.82) is 0 Å². The number of benzene rings is 2. The molecule has 142 valence electrons. The van der Waals surface area contributed by atoms with Crippen molar-refractivity contribution >= 4 is 22.6 Å². The number of hydrogen-bond donors (Lipinski definition) is 1. The molecule has 0 saturated heterocycles. The number of H-pyrrole nitrogens is 1. The molecule has 8 heteroatoms. The number of hydrogen-bond acceptors (Lipinski definition) is 1. The van der Waals surface area contributed by atoms with Gasteiger partial charge in [0.1, 0.15) is 22.7 Å². The van der Waals surface area contributed by atoms with E-state index in [1.54, 1.807) is 47.3 Å². The molecule has 3 nitrogen and oxygen atoms in total. The molecule has 1 N–H and O–H groups in total. The zero-order chi connectivity index (χ0) is 19.9. The molecule has 0 radical (unpaired) electrons. The van der Waals surface area contributed by atoms with Crippen LogP contribution in [0.4, 0.5) is 17.6 Å². The monoisotopic (exact) mass is 406 g/mol. The van der Waals surface area contributed by atoms with Crippen LogP contribution in [0.25, 0.3) is 22.4 Å². The quantitative estimate of drug-likeness (QED) is 0.360. The van der Waals surface area contributed by atoms with E-state index in [9.17, 15) is 17.6 Å². The van der Waals surface area contributed by atoms with Crippen LogP contribution in [-0.4, -0.2) is 9.97 Å². The van der Waals surface area contributed by atoms with Crippen molar-refractivity contribution in [3.63, 3.8) is 0 Å². The maximum absolute atomic E-state index is 14.0. The predicted molar refractivity (Wildman–Crippen MR) is 97.2 cm³/mol. The van der Waals surface area contributed by atoms with Gasteiger partial charge < -0.3 is 4.98 Å². The highest BCUT2D eigenvalue weighted by molar-refractivity contribution is 6.31. The van der Waals surface area contributed by atoms with E-state index < -0.39 is 17.6 Å². The molecule has 0 aliphatic rings. The van der Waals surface area contributed by atoms with Crippen LogP contribution < -0.4 is 4.57 Å². The Morgan fingerprint density at radius 2 is 1.86 bits per heavy atom. The standard InChI is InChI=1S/C20H12ClF4N3/c21-15-6-5-12(9-14(15)20(23,24)25)10-28-8-7-17-18(11-28)27-19(26-17)13-3-1-2-4-16(13)22/h1-9,11H,10H2/p+1. The van der Waals surface area contributed by atoms with Crippen LogP contribution in [-0.2, 0) is 12.7 Å². The number of pyridine rings is 1. The molecule has 0 fully saturated rings. The number of aromatic amines is 1. The van der Waals surface area contributed by atoms with Crippen LogP contribution in [0.2, 0.25) is 5.02 Å². The Bertz CT molecular complexity index is 1170. The van der Waals surface area contributed by atoms with Crippen molar-refractivity contribution in [3.8, 4) is 11.4 Å². The summed E-state index contributed by atoms with van der Waals surface area (Å²) in [4.78, 5) is 7.43. The molecule has 0 aliphatic carbocycles. The number of aromatic nitrogens is 3. The number of imidazole rings is 1. The largest absolute Gasteiger partial charge is 0.417 e. The fraction of sp³-hybridized carbons (Fsp3) is 0.100. The van der Waals surface area contributed by atoms with E-state index in [1.807, 2.05) is 0 Å². The molecule has 0 aliphatic heterocycles. The Morgan fingerprint density at radius 1 is 1.07 bits per heavy atom. The second-order valence-corrected chi connectivity index (χ2v) is 6.70. The summed E-state index contributed by atoms with van der Waals surface area (Å²) in [6.07, 6.45) is -1.09. The number of nitrogens with zero attached hydrogens (tertiary/aromatic N) is 2. The van der Waals surface area contributed by atoms with Gasteiger partial charge in [-0.2, -0.15) is 17.7 Å². The third-order valence-corrected chi connectivity index (χ3v) is 4.64. The zero-order valence-electron chi connectivity index (χ0n) is 14.3. The van der Waals surface area contributed by atoms with Gasteiger partial charge in [0.2, 0.25) is 0 Å². The van der Waals surface area contributed by atoms with Crippen LogP contribution in [0.3, 0.4) is 0 Å². The molecule has 4 rings (SSSR count). The average molecular weight is 407 g/mol. The number of halogens is 5. The van der Waals surface area contributed by atoms with Gasteiger partial charge in [-0.3, -0.25) is 0 Å². The fourth-order valence-electron chi connectivity index (χ4n) is 2.98. The van der Waals surface area contributed by atoms with Crippen LogP contribution in [0.5, 0.6) is 0 Å². The fourth-order valence-corrected chi connectivity index (χ4v) is 3.20. The van der Waals surface area contributed by atoms with Crippen molar-refractivity contribution in [2.24, 2.45) is 0 Å². The van der Waals surface area contributed by atoms with Gasteiger partial charge in [0.25, 0.3) is 0 Å². The molecule has 0 bridgehead atoms. The number of nitrogens with one attached hydrogen (secondary N) is 1. The maximum atomic E-state index is 14.0. The van der Waals surface area contributed by atoms with Crippen LogP contribution >= 0.6 is 11.6 Å². The number of fused-ring (bicyclic) bond motifs is 1. The van der Waals surface area contributed by atoms with Crippen LogP contribution in [0, 0.1) is 5.82 Å². The van der Waals surface area contributed by atoms with Crippen molar-refractivity contribution < 1.29 is 22.1 Å². The highest BCUT2D eigenvalue weighted by atomic mass is 35.5. The van der Waals surface area contributed by atoms with E-state index in [0.29, 0.717) is 28.0 Å². The summed E-state index contributed by atoms with van der Waals surface area (Å²) in [7, 11) is 0. The van der Waals surface area contributed by atoms with Crippen molar-refractivity contribution in [2.45, 2.75) is 12.7 Å². The molecule has 4 aromatic rings. The first-order valence-corrected chi connectivity index (χ1v) is 8.68. The predicted octanol–water partition coefficient (Wildman–Crippen LogP) is 5.38. The first kappa shape index (κ1) is 18.4. The van der Waals surface area contributed by atoms with Crippen LogP contribution in [0.15, 0.2) is 60.9 Å². The van der Waals surface area contributed by atoms with Crippen molar-refractivity contribution in [3.05, 3.63) is 82.9 Å². The summed E-state index contributed by atoms with van der Waals surface area (Å²) in [5.74, 6) is -0.00743. The van der Waals surface area contributed by atoms with Gasteiger partial charge in [-0.05, 0) is 24.3 Å². The lowest BCUT2D eigenvalue weighted by molar-refractivity contribution is -0.687. The second-order valence-electron chi connectivity index (χ2n) is 6.29. The first-order valence-electron chi connectivity index (χ1n) is 8.30. The summed E-state index contributed by atoms with van der Waals surface area (Å²) in [6, 6.07) is 11.8. The van der Waals surface area contributed by atoms with E-state index in [0.717, 1.165) is 6.07 Å². The molecule has 28 heavy (non-hydrogen) atoms. The zero-order valence-corrected chi connectivity index (χ0v) is 15.0. The highest BCUT2D eigenvalue weighted by Crippen LogP contribution is 2.35. The normalized spacial score (nSPS) is 11.9. The van der Waals surface area contributed by atoms with Gasteiger partial charge in [-0.15, -0.1) is 0 Å². The Balaban J connectivity index is 1.67. The number of rotatable bonds is 3. The van der Waals surface area contributed by atoms with E-state index in [4.69, 9.17) is 11.6 Å². The third-order valence-electron chi connectivity index (χ3n) is 4.31. The Labute approximate surface area is 162 Å². The minimum atomic E-state index is -4.51. The lowest BCUT2D eigenvalue weighted by atomic mass is 10.1. The van der Waals surface area contributed by atoms with E-state index in [-0.39, 0.29) is 11.6 Å². The summed E-state index contributed by atoms with van der Waals surface area (Å²) < 4.78 is 54.8. The SMILES string of the molecule is Fc1ccccc1-c1nc2cc[n+](Cc3ccc(Cl)c(C(F)(F)F)c3)cc2[nH]1. The molecule has 0 atom stereocenters. The molecular formula is C20H13ClF4N3+. The topological polar surface area (TPSA) is 32.6 Å². The van der Waals surface area contributed by atoms with Gasteiger partial charge in [-0.25, -0.2) is 9.37 Å². The summed E-state index contributed by atoms with van der Waals surface area (Å²) >= 11 is 5.66. The molecule has 0 amide bonds. The maximum Gasteiger partial charge on any atom is 0.417 e. The third kappa shape index (κ3) is 3.57. The molecule has 2 aromatic carbocycles. The van der Waals surface area contributed by atoms with Gasteiger partial charge in [0.15, 0.2) is 18.9 Å². The minimum absolute atomic E-state index is 0.213. The summed E-state index contributed by atoms with van der Waals surface area (Å²) in [6.45, 7) is 0.213. The van der Waals surface area contributed by atoms with Gasteiger partial charge >= 0.3 is 6.18 Å².